The standard InChI is InChI=1S/C21H21N3O5/c1-13(2)12-17-18-19(29-23(17)15-6-4-3-5-7-15)21(26)22(20(18)25)14-8-10-16(11-9-14)24(27)28/h3-11,13,17-19H,12H2,1-2H3/t17-,18+,19+/m0/s1. The van der Waals surface area contributed by atoms with Gasteiger partial charge in [0.1, 0.15) is 0 Å². The summed E-state index contributed by atoms with van der Waals surface area (Å²) in [5.74, 6) is -1.11. The van der Waals surface area contributed by atoms with E-state index in [2.05, 4.69) is 13.8 Å². The molecule has 2 saturated heterocycles. The quantitative estimate of drug-likeness (QED) is 0.438. The van der Waals surface area contributed by atoms with Gasteiger partial charge in [0.2, 0.25) is 5.91 Å². The lowest BCUT2D eigenvalue weighted by Gasteiger charge is -2.29. The van der Waals surface area contributed by atoms with Crippen molar-refractivity contribution in [3.05, 3.63) is 64.7 Å². The highest BCUT2D eigenvalue weighted by Crippen LogP contribution is 2.42. The van der Waals surface area contributed by atoms with Crippen molar-refractivity contribution < 1.29 is 19.3 Å². The lowest BCUT2D eigenvalue weighted by Crippen LogP contribution is -2.41. The monoisotopic (exact) mass is 395 g/mol. The summed E-state index contributed by atoms with van der Waals surface area (Å²) in [5, 5.41) is 12.6. The van der Waals surface area contributed by atoms with Gasteiger partial charge in [-0.25, -0.2) is 9.96 Å². The fraction of sp³-hybridized carbons (Fsp3) is 0.333. The van der Waals surface area contributed by atoms with E-state index >= 15 is 0 Å². The molecule has 2 heterocycles. The van der Waals surface area contributed by atoms with E-state index in [-0.39, 0.29) is 17.6 Å². The van der Waals surface area contributed by atoms with E-state index in [4.69, 9.17) is 4.84 Å². The Morgan fingerprint density at radius 3 is 2.24 bits per heavy atom. The molecule has 0 saturated carbocycles. The van der Waals surface area contributed by atoms with Gasteiger partial charge < -0.3 is 0 Å². The molecule has 0 unspecified atom stereocenters. The number of para-hydroxylation sites is 1. The smallest absolute Gasteiger partial charge is 0.269 e. The van der Waals surface area contributed by atoms with Crippen molar-refractivity contribution in [1.82, 2.24) is 0 Å². The zero-order valence-electron chi connectivity index (χ0n) is 16.1. The van der Waals surface area contributed by atoms with Gasteiger partial charge >= 0.3 is 0 Å². The number of carbonyl (C=O) groups excluding carboxylic acids is 2. The number of benzene rings is 2. The fourth-order valence-corrected chi connectivity index (χ4v) is 4.02. The summed E-state index contributed by atoms with van der Waals surface area (Å²) in [6.07, 6.45) is -0.218. The molecular weight excluding hydrogens is 374 g/mol. The number of fused-ring (bicyclic) bond motifs is 1. The van der Waals surface area contributed by atoms with Crippen LogP contribution in [0.4, 0.5) is 17.1 Å². The number of hydroxylamine groups is 1. The Balaban J connectivity index is 1.66. The van der Waals surface area contributed by atoms with Crippen molar-refractivity contribution in [2.45, 2.75) is 32.4 Å². The predicted octanol–water partition coefficient (Wildman–Crippen LogP) is 3.32. The van der Waals surface area contributed by atoms with E-state index in [0.717, 1.165) is 10.6 Å². The molecule has 2 amide bonds. The number of hydrogen-bond donors (Lipinski definition) is 0. The highest BCUT2D eigenvalue weighted by molar-refractivity contribution is 6.23. The second kappa shape index (κ2) is 7.29. The first kappa shape index (κ1) is 19.1. The Morgan fingerprint density at radius 1 is 1.00 bits per heavy atom. The SMILES string of the molecule is CC(C)C[C@H]1[C@H]2C(=O)N(c3ccc([N+](=O)[O-])cc3)C(=O)[C@@H]2ON1c1ccccc1. The third-order valence-corrected chi connectivity index (χ3v) is 5.28. The number of non-ortho nitro benzene ring substituents is 1. The third kappa shape index (κ3) is 3.25. The molecule has 0 radical (unpaired) electrons. The summed E-state index contributed by atoms with van der Waals surface area (Å²) < 4.78 is 0. The number of rotatable bonds is 5. The van der Waals surface area contributed by atoms with Crippen LogP contribution in [0, 0.1) is 22.0 Å². The third-order valence-electron chi connectivity index (χ3n) is 5.28. The molecule has 8 nitrogen and oxygen atoms in total. The van der Waals surface area contributed by atoms with Gasteiger partial charge in [-0.1, -0.05) is 32.0 Å². The molecule has 0 N–H and O–H groups in total. The zero-order valence-corrected chi connectivity index (χ0v) is 16.1. The van der Waals surface area contributed by atoms with E-state index in [9.17, 15) is 19.7 Å². The molecule has 0 aliphatic carbocycles. The highest BCUT2D eigenvalue weighted by atomic mass is 16.7. The highest BCUT2D eigenvalue weighted by Gasteiger charge is 2.59. The van der Waals surface area contributed by atoms with Crippen LogP contribution in [-0.2, 0) is 14.4 Å². The second-order valence-corrected chi connectivity index (χ2v) is 7.70. The summed E-state index contributed by atoms with van der Waals surface area (Å²) in [5.41, 5.74) is 1.02. The lowest BCUT2D eigenvalue weighted by atomic mass is 9.90. The molecule has 2 aliphatic heterocycles. The van der Waals surface area contributed by atoms with Crippen LogP contribution in [0.15, 0.2) is 54.6 Å². The van der Waals surface area contributed by atoms with Gasteiger partial charge in [-0.15, -0.1) is 0 Å². The molecule has 0 bridgehead atoms. The average Bonchev–Trinajstić information content (AvgIpc) is 3.18. The van der Waals surface area contributed by atoms with Gasteiger partial charge in [0.15, 0.2) is 6.10 Å². The minimum atomic E-state index is -0.901. The molecular formula is C21H21N3O5. The van der Waals surface area contributed by atoms with Crippen LogP contribution in [0.25, 0.3) is 0 Å². The van der Waals surface area contributed by atoms with E-state index < -0.39 is 22.9 Å². The largest absolute Gasteiger partial charge is 0.273 e. The Labute approximate surface area is 167 Å². The van der Waals surface area contributed by atoms with Crippen molar-refractivity contribution in [2.75, 3.05) is 9.96 Å². The Morgan fingerprint density at radius 2 is 1.66 bits per heavy atom. The van der Waals surface area contributed by atoms with Gasteiger partial charge in [-0.05, 0) is 36.6 Å². The van der Waals surface area contributed by atoms with Crippen molar-refractivity contribution in [3.8, 4) is 0 Å². The zero-order chi connectivity index (χ0) is 20.7. The Kier molecular flexibility index (Phi) is 4.79. The van der Waals surface area contributed by atoms with Crippen LogP contribution in [0.1, 0.15) is 20.3 Å². The molecule has 2 aromatic rings. The minimum Gasteiger partial charge on any atom is -0.273 e. The van der Waals surface area contributed by atoms with E-state index in [0.29, 0.717) is 18.0 Å². The molecule has 2 aromatic carbocycles. The first-order valence-electron chi connectivity index (χ1n) is 9.52. The number of carbonyl (C=O) groups is 2. The van der Waals surface area contributed by atoms with Gasteiger partial charge in [0.25, 0.3) is 11.6 Å². The van der Waals surface area contributed by atoms with Crippen molar-refractivity contribution in [3.63, 3.8) is 0 Å². The van der Waals surface area contributed by atoms with Crippen LogP contribution in [0.2, 0.25) is 0 Å². The number of anilines is 2. The van der Waals surface area contributed by atoms with Crippen molar-refractivity contribution in [1.29, 1.82) is 0 Å². The van der Waals surface area contributed by atoms with Gasteiger partial charge in [0.05, 0.1) is 28.3 Å². The number of hydrogen-bond acceptors (Lipinski definition) is 6. The molecule has 150 valence electrons. The Bertz CT molecular complexity index is 945. The van der Waals surface area contributed by atoms with Crippen molar-refractivity contribution >= 4 is 28.9 Å². The fourth-order valence-electron chi connectivity index (χ4n) is 4.02. The lowest BCUT2D eigenvalue weighted by molar-refractivity contribution is -0.384. The molecule has 2 fully saturated rings. The van der Waals surface area contributed by atoms with Crippen LogP contribution >= 0.6 is 0 Å². The van der Waals surface area contributed by atoms with Crippen LogP contribution in [0.3, 0.4) is 0 Å². The first-order valence-corrected chi connectivity index (χ1v) is 9.52. The van der Waals surface area contributed by atoms with Gasteiger partial charge in [-0.3, -0.25) is 24.5 Å². The molecule has 0 aromatic heterocycles. The van der Waals surface area contributed by atoms with Crippen molar-refractivity contribution in [2.24, 2.45) is 11.8 Å². The molecule has 2 aliphatic rings. The maximum absolute atomic E-state index is 13.2. The molecule has 29 heavy (non-hydrogen) atoms. The maximum atomic E-state index is 13.2. The van der Waals surface area contributed by atoms with Crippen LogP contribution in [0.5, 0.6) is 0 Å². The average molecular weight is 395 g/mol. The molecule has 4 rings (SSSR count). The normalized spacial score (nSPS) is 23.8. The van der Waals surface area contributed by atoms with Crippen LogP contribution < -0.4 is 9.96 Å². The number of amides is 2. The van der Waals surface area contributed by atoms with Gasteiger partial charge in [0, 0.05) is 12.1 Å². The summed E-state index contributed by atoms with van der Waals surface area (Å²) in [4.78, 5) is 43.7. The van der Waals surface area contributed by atoms with E-state index in [1.54, 1.807) is 5.06 Å². The molecule has 0 spiro atoms. The van der Waals surface area contributed by atoms with Gasteiger partial charge in [-0.2, -0.15) is 0 Å². The summed E-state index contributed by atoms with van der Waals surface area (Å²) in [6, 6.07) is 14.6. The molecule has 8 heteroatoms. The second-order valence-electron chi connectivity index (χ2n) is 7.70. The number of nitrogens with zero attached hydrogens (tertiary/aromatic N) is 3. The summed E-state index contributed by atoms with van der Waals surface area (Å²) in [6.45, 7) is 4.12. The van der Waals surface area contributed by atoms with Crippen LogP contribution in [-0.4, -0.2) is 28.9 Å². The minimum absolute atomic E-state index is 0.0998. The Hall–Kier alpha value is -3.26. The van der Waals surface area contributed by atoms with E-state index in [1.807, 2.05) is 30.3 Å². The van der Waals surface area contributed by atoms with E-state index in [1.165, 1.54) is 24.3 Å². The maximum Gasteiger partial charge on any atom is 0.269 e. The predicted molar refractivity (Wildman–Crippen MR) is 106 cm³/mol. The topological polar surface area (TPSA) is 93.0 Å². The number of nitro groups is 1. The number of imide groups is 1. The molecule has 3 atom stereocenters. The first-order chi connectivity index (χ1) is 13.9. The number of nitro benzene ring substituents is 1. The summed E-state index contributed by atoms with van der Waals surface area (Å²) in [7, 11) is 0. The summed E-state index contributed by atoms with van der Waals surface area (Å²) >= 11 is 0.